The molecule has 0 aliphatic carbocycles. The van der Waals surface area contributed by atoms with Gasteiger partial charge in [0.15, 0.2) is 0 Å². The monoisotopic (exact) mass is 320 g/mol. The third-order valence-corrected chi connectivity index (χ3v) is 10.7. The predicted octanol–water partition coefficient (Wildman–Crippen LogP) is 4.51. The van der Waals surface area contributed by atoms with Crippen LogP contribution in [0.25, 0.3) is 0 Å². The first-order chi connectivity index (χ1) is 11.3. The van der Waals surface area contributed by atoms with E-state index >= 15 is 0 Å². The maximum atomic E-state index is 2.43. The molecule has 0 aliphatic rings. The SMILES string of the molecule is CC[C@H](C)[PH](c1ccccc1)(c1ccccc1)c1ccccc1. The van der Waals surface area contributed by atoms with Crippen LogP contribution in [0.5, 0.6) is 0 Å². The van der Waals surface area contributed by atoms with Crippen molar-refractivity contribution >= 4 is 23.2 Å². The zero-order valence-electron chi connectivity index (χ0n) is 13.9. The Kier molecular flexibility index (Phi) is 4.94. The van der Waals surface area contributed by atoms with Crippen LogP contribution in [0.15, 0.2) is 91.0 Å². The molecule has 3 aromatic rings. The second-order valence-corrected chi connectivity index (χ2v) is 10.5. The van der Waals surface area contributed by atoms with Crippen LogP contribution in [-0.2, 0) is 0 Å². The van der Waals surface area contributed by atoms with E-state index in [1.165, 1.54) is 22.3 Å². The molecule has 0 N–H and O–H groups in total. The summed E-state index contributed by atoms with van der Waals surface area (Å²) in [6.45, 7) is 4.75. The van der Waals surface area contributed by atoms with Crippen molar-refractivity contribution in [3.05, 3.63) is 91.0 Å². The number of hydrogen-bond acceptors (Lipinski definition) is 0. The van der Waals surface area contributed by atoms with Crippen molar-refractivity contribution in [2.45, 2.75) is 25.9 Å². The van der Waals surface area contributed by atoms with Crippen molar-refractivity contribution in [2.24, 2.45) is 0 Å². The molecule has 0 aliphatic heterocycles. The molecule has 0 unspecified atom stereocenters. The molecular formula is C22H25P. The topological polar surface area (TPSA) is 0 Å². The standard InChI is InChI=1S/C22H25P/c1-3-19(2)23(20-13-7-4-8-14-20,21-15-9-5-10-16-21)22-17-11-6-12-18-22/h4-19,23H,3H2,1-2H3/t19-/m0/s1. The van der Waals surface area contributed by atoms with Gasteiger partial charge in [0.1, 0.15) is 0 Å². The fourth-order valence-electron chi connectivity index (χ4n) is 3.76. The molecule has 0 bridgehead atoms. The van der Waals surface area contributed by atoms with E-state index in [-0.39, 0.29) is 0 Å². The normalized spacial score (nSPS) is 13.5. The van der Waals surface area contributed by atoms with Crippen LogP contribution in [0.1, 0.15) is 20.3 Å². The molecule has 0 radical (unpaired) electrons. The Balaban J connectivity index is 2.35. The Morgan fingerprint density at radius 3 is 1.17 bits per heavy atom. The van der Waals surface area contributed by atoms with Gasteiger partial charge in [-0.15, -0.1) is 0 Å². The van der Waals surface area contributed by atoms with Crippen LogP contribution in [0.3, 0.4) is 0 Å². The molecule has 0 aromatic heterocycles. The molecule has 1 atom stereocenters. The first kappa shape index (κ1) is 16.0. The summed E-state index contributed by atoms with van der Waals surface area (Å²) >= 11 is 0. The summed E-state index contributed by atoms with van der Waals surface area (Å²) in [5, 5.41) is 4.52. The molecule has 3 aromatic carbocycles. The molecule has 23 heavy (non-hydrogen) atoms. The Morgan fingerprint density at radius 2 is 0.913 bits per heavy atom. The Morgan fingerprint density at radius 1 is 0.609 bits per heavy atom. The Bertz CT molecular complexity index is 623. The summed E-state index contributed by atoms with van der Waals surface area (Å²) in [4.78, 5) is 0. The third kappa shape index (κ3) is 2.84. The predicted molar refractivity (Wildman–Crippen MR) is 106 cm³/mol. The van der Waals surface area contributed by atoms with Gasteiger partial charge in [-0.25, -0.2) is 0 Å². The van der Waals surface area contributed by atoms with Gasteiger partial charge < -0.3 is 0 Å². The maximum absolute atomic E-state index is 2.43. The van der Waals surface area contributed by atoms with Crippen molar-refractivity contribution in [3.63, 3.8) is 0 Å². The molecule has 1 heteroatoms. The van der Waals surface area contributed by atoms with Gasteiger partial charge in [-0.2, -0.15) is 0 Å². The molecule has 0 nitrogen and oxygen atoms in total. The molecule has 0 heterocycles. The molecular weight excluding hydrogens is 295 g/mol. The molecule has 0 spiro atoms. The minimum absolute atomic E-state index is 0.634. The fraction of sp³-hybridized carbons (Fsp3) is 0.182. The molecule has 0 amide bonds. The van der Waals surface area contributed by atoms with Crippen molar-refractivity contribution < 1.29 is 0 Å². The molecule has 3 rings (SSSR count). The second kappa shape index (κ2) is 7.11. The number of rotatable bonds is 5. The van der Waals surface area contributed by atoms with Crippen LogP contribution in [-0.4, -0.2) is 5.66 Å². The van der Waals surface area contributed by atoms with Crippen molar-refractivity contribution in [3.8, 4) is 0 Å². The zero-order chi connectivity index (χ0) is 16.1. The summed E-state index contributed by atoms with van der Waals surface area (Å²) < 4.78 is 0. The molecule has 0 saturated carbocycles. The molecule has 0 fully saturated rings. The molecule has 118 valence electrons. The van der Waals surface area contributed by atoms with Crippen molar-refractivity contribution in [2.75, 3.05) is 0 Å². The quantitative estimate of drug-likeness (QED) is 0.607. The molecule has 0 saturated heterocycles. The van der Waals surface area contributed by atoms with Gasteiger partial charge in [0.25, 0.3) is 0 Å². The van der Waals surface area contributed by atoms with Gasteiger partial charge in [-0.1, -0.05) is 0 Å². The fourth-order valence-corrected chi connectivity index (χ4v) is 9.24. The minimum atomic E-state index is -2.03. The van der Waals surface area contributed by atoms with Gasteiger partial charge in [-0.3, -0.25) is 0 Å². The summed E-state index contributed by atoms with van der Waals surface area (Å²) in [6.07, 6.45) is 1.19. The van der Waals surface area contributed by atoms with E-state index in [2.05, 4.69) is 105 Å². The van der Waals surface area contributed by atoms with E-state index in [1.807, 2.05) is 0 Å². The van der Waals surface area contributed by atoms with Gasteiger partial charge in [0.2, 0.25) is 0 Å². The van der Waals surface area contributed by atoms with Gasteiger partial charge in [0, 0.05) is 0 Å². The van der Waals surface area contributed by atoms with E-state index in [4.69, 9.17) is 0 Å². The average Bonchev–Trinajstić information content (AvgIpc) is 2.65. The third-order valence-electron chi connectivity index (χ3n) is 5.04. The van der Waals surface area contributed by atoms with E-state index in [9.17, 15) is 0 Å². The van der Waals surface area contributed by atoms with E-state index < -0.39 is 7.26 Å². The van der Waals surface area contributed by atoms with Gasteiger partial charge in [-0.05, 0) is 0 Å². The van der Waals surface area contributed by atoms with E-state index in [1.54, 1.807) is 0 Å². The average molecular weight is 320 g/mol. The van der Waals surface area contributed by atoms with Crippen molar-refractivity contribution in [1.29, 1.82) is 0 Å². The van der Waals surface area contributed by atoms with E-state index in [0.717, 1.165) is 0 Å². The first-order valence-corrected chi connectivity index (χ1v) is 10.5. The Hall–Kier alpha value is -1.91. The summed E-state index contributed by atoms with van der Waals surface area (Å²) in [5.41, 5.74) is 0.634. The van der Waals surface area contributed by atoms with E-state index in [0.29, 0.717) is 5.66 Å². The zero-order valence-corrected chi connectivity index (χ0v) is 14.9. The van der Waals surface area contributed by atoms with Crippen LogP contribution < -0.4 is 15.9 Å². The van der Waals surface area contributed by atoms with Gasteiger partial charge >= 0.3 is 140 Å². The summed E-state index contributed by atoms with van der Waals surface area (Å²) in [5.74, 6) is 0. The van der Waals surface area contributed by atoms with Crippen molar-refractivity contribution in [1.82, 2.24) is 0 Å². The van der Waals surface area contributed by atoms with Crippen LogP contribution >= 0.6 is 7.26 Å². The van der Waals surface area contributed by atoms with Crippen LogP contribution in [0.2, 0.25) is 0 Å². The number of benzene rings is 3. The summed E-state index contributed by atoms with van der Waals surface area (Å²) in [6, 6.07) is 33.5. The van der Waals surface area contributed by atoms with Crippen LogP contribution in [0.4, 0.5) is 0 Å². The Labute approximate surface area is 140 Å². The number of hydrogen-bond donors (Lipinski definition) is 0. The summed E-state index contributed by atoms with van der Waals surface area (Å²) in [7, 11) is -2.03. The second-order valence-electron chi connectivity index (χ2n) is 6.22. The van der Waals surface area contributed by atoms with Crippen LogP contribution in [0, 0.1) is 0 Å². The van der Waals surface area contributed by atoms with Gasteiger partial charge in [0.05, 0.1) is 0 Å². The first-order valence-electron chi connectivity index (χ1n) is 8.46.